The predicted molar refractivity (Wildman–Crippen MR) is 98.3 cm³/mol. The number of thioether (sulfide) groups is 1. The molecule has 0 heterocycles. The fourth-order valence-corrected chi connectivity index (χ4v) is 2.58. The number of hydrogen-bond donors (Lipinski definition) is 1. The van der Waals surface area contributed by atoms with Crippen LogP contribution in [0.15, 0.2) is 59.7 Å². The van der Waals surface area contributed by atoms with Crippen molar-refractivity contribution in [2.45, 2.75) is 0 Å². The van der Waals surface area contributed by atoms with E-state index in [1.807, 2.05) is 12.5 Å². The van der Waals surface area contributed by atoms with Gasteiger partial charge in [0.2, 0.25) is 0 Å². The van der Waals surface area contributed by atoms with Gasteiger partial charge < -0.3 is 0 Å². The first-order valence-corrected chi connectivity index (χ1v) is 8.20. The van der Waals surface area contributed by atoms with Crippen LogP contribution < -0.4 is 5.43 Å². The van der Waals surface area contributed by atoms with Crippen molar-refractivity contribution in [3.8, 4) is 0 Å². The molecular formula is C17H14N2S2. The van der Waals surface area contributed by atoms with Crippen LogP contribution in [0.4, 0.5) is 0 Å². The molecule has 0 bridgehead atoms. The van der Waals surface area contributed by atoms with Crippen molar-refractivity contribution < 1.29 is 0 Å². The largest absolute Gasteiger partial charge is 0.262 e. The maximum absolute atomic E-state index is 5.10. The zero-order valence-corrected chi connectivity index (χ0v) is 13.2. The van der Waals surface area contributed by atoms with Crippen LogP contribution in [0.5, 0.6) is 0 Å². The van der Waals surface area contributed by atoms with Gasteiger partial charge in [0.05, 0.1) is 6.21 Å². The molecule has 0 unspecified atom stereocenters. The highest BCUT2D eigenvalue weighted by Gasteiger charge is 2.05. The van der Waals surface area contributed by atoms with Crippen LogP contribution in [0.3, 0.4) is 0 Å². The van der Waals surface area contributed by atoms with Crippen LogP contribution in [-0.4, -0.2) is 16.8 Å². The normalized spacial score (nSPS) is 11.3. The Balaban J connectivity index is 2.18. The first-order chi connectivity index (χ1) is 10.3. The number of rotatable bonds is 2. The van der Waals surface area contributed by atoms with Gasteiger partial charge in [-0.1, -0.05) is 72.5 Å². The molecule has 2 nitrogen and oxygen atoms in total. The van der Waals surface area contributed by atoms with Crippen LogP contribution in [0, 0.1) is 0 Å². The number of benzene rings is 3. The average molecular weight is 310 g/mol. The van der Waals surface area contributed by atoms with Gasteiger partial charge in [-0.05, 0) is 33.9 Å². The zero-order chi connectivity index (χ0) is 14.7. The molecule has 0 amide bonds. The standard InChI is InChI=1S/C17H14N2S2/c1-21-17(20)19-18-11-16-14-8-4-2-6-12(14)10-13-7-3-5-9-15(13)16/h2-11H,1H3,(H,19,20)/b18-11+. The Morgan fingerprint density at radius 3 is 2.19 bits per heavy atom. The molecule has 0 aromatic heterocycles. The summed E-state index contributed by atoms with van der Waals surface area (Å²) >= 11 is 6.57. The molecule has 1 N–H and O–H groups in total. The SMILES string of the molecule is CSC(=S)N/N=C/c1c2ccccc2cc2ccccc12. The molecule has 0 radical (unpaired) electrons. The van der Waals surface area contributed by atoms with Crippen LogP contribution in [0.1, 0.15) is 5.56 Å². The molecule has 0 atom stereocenters. The van der Waals surface area contributed by atoms with Crippen LogP contribution in [0.2, 0.25) is 0 Å². The lowest BCUT2D eigenvalue weighted by Gasteiger charge is -2.08. The molecule has 3 aromatic carbocycles. The van der Waals surface area contributed by atoms with Crippen molar-refractivity contribution in [3.63, 3.8) is 0 Å². The van der Waals surface area contributed by atoms with Gasteiger partial charge in [0.1, 0.15) is 0 Å². The third-order valence-corrected chi connectivity index (χ3v) is 4.40. The van der Waals surface area contributed by atoms with Gasteiger partial charge in [0.15, 0.2) is 4.32 Å². The molecule has 0 fully saturated rings. The summed E-state index contributed by atoms with van der Waals surface area (Å²) in [5, 5.41) is 9.08. The topological polar surface area (TPSA) is 24.4 Å². The van der Waals surface area contributed by atoms with Gasteiger partial charge in [0.25, 0.3) is 0 Å². The van der Waals surface area contributed by atoms with Crippen LogP contribution in [0.25, 0.3) is 21.5 Å². The van der Waals surface area contributed by atoms with E-state index < -0.39 is 0 Å². The molecular weight excluding hydrogens is 296 g/mol. The van der Waals surface area contributed by atoms with Gasteiger partial charge in [0, 0.05) is 5.56 Å². The highest BCUT2D eigenvalue weighted by molar-refractivity contribution is 8.22. The van der Waals surface area contributed by atoms with Crippen molar-refractivity contribution in [3.05, 3.63) is 60.2 Å². The Kier molecular flexibility index (Phi) is 4.18. The Hall–Kier alpha value is -1.91. The molecule has 4 heteroatoms. The molecule has 104 valence electrons. The molecule has 0 saturated carbocycles. The lowest BCUT2D eigenvalue weighted by Crippen LogP contribution is -2.10. The van der Waals surface area contributed by atoms with Crippen molar-refractivity contribution in [1.82, 2.24) is 5.43 Å². The van der Waals surface area contributed by atoms with Gasteiger partial charge in [-0.25, -0.2) is 0 Å². The summed E-state index contributed by atoms with van der Waals surface area (Å²) in [6.45, 7) is 0. The van der Waals surface area contributed by atoms with Gasteiger partial charge in [-0.15, -0.1) is 0 Å². The third-order valence-electron chi connectivity index (χ3n) is 3.35. The average Bonchev–Trinajstić information content (AvgIpc) is 2.54. The zero-order valence-electron chi connectivity index (χ0n) is 11.5. The smallest absolute Gasteiger partial charge is 0.153 e. The number of hydrogen-bond acceptors (Lipinski definition) is 3. The summed E-state index contributed by atoms with van der Waals surface area (Å²) in [7, 11) is 0. The fraction of sp³-hybridized carbons (Fsp3) is 0.0588. The predicted octanol–water partition coefficient (Wildman–Crippen LogP) is 4.56. The van der Waals surface area contributed by atoms with E-state index in [0.717, 1.165) is 5.56 Å². The lowest BCUT2D eigenvalue weighted by atomic mass is 9.97. The summed E-state index contributed by atoms with van der Waals surface area (Å²) in [5.74, 6) is 0. The van der Waals surface area contributed by atoms with E-state index in [-0.39, 0.29) is 0 Å². The molecule has 3 aromatic rings. The Morgan fingerprint density at radius 2 is 1.62 bits per heavy atom. The Bertz CT molecular complexity index is 786. The number of nitrogens with zero attached hydrogens (tertiary/aromatic N) is 1. The second-order valence-electron chi connectivity index (χ2n) is 4.59. The minimum atomic E-state index is 0.663. The van der Waals surface area contributed by atoms with E-state index in [9.17, 15) is 0 Å². The molecule has 21 heavy (non-hydrogen) atoms. The van der Waals surface area contributed by atoms with E-state index in [1.54, 1.807) is 0 Å². The summed E-state index contributed by atoms with van der Waals surface area (Å²) in [5.41, 5.74) is 3.99. The fourth-order valence-electron chi connectivity index (χ4n) is 2.38. The molecule has 3 rings (SSSR count). The van der Waals surface area contributed by atoms with Crippen molar-refractivity contribution >= 4 is 56.1 Å². The van der Waals surface area contributed by atoms with E-state index in [2.05, 4.69) is 65.1 Å². The van der Waals surface area contributed by atoms with Crippen molar-refractivity contribution in [1.29, 1.82) is 0 Å². The van der Waals surface area contributed by atoms with Gasteiger partial charge in [-0.2, -0.15) is 5.10 Å². The Labute approximate surface area is 133 Å². The number of nitrogens with one attached hydrogen (secondary N) is 1. The highest BCUT2D eigenvalue weighted by atomic mass is 32.2. The minimum absolute atomic E-state index is 0.663. The van der Waals surface area contributed by atoms with Crippen molar-refractivity contribution in [2.24, 2.45) is 5.10 Å². The van der Waals surface area contributed by atoms with Crippen LogP contribution >= 0.6 is 24.0 Å². The number of thiocarbonyl (C=S) groups is 1. The Morgan fingerprint density at radius 1 is 1.05 bits per heavy atom. The lowest BCUT2D eigenvalue weighted by molar-refractivity contribution is 1.07. The van der Waals surface area contributed by atoms with E-state index in [4.69, 9.17) is 12.2 Å². The van der Waals surface area contributed by atoms with Crippen molar-refractivity contribution in [2.75, 3.05) is 6.26 Å². The second kappa shape index (κ2) is 6.24. The first kappa shape index (κ1) is 14.0. The van der Waals surface area contributed by atoms with Gasteiger partial charge >= 0.3 is 0 Å². The summed E-state index contributed by atoms with van der Waals surface area (Å²) < 4.78 is 0.663. The number of fused-ring (bicyclic) bond motifs is 2. The highest BCUT2D eigenvalue weighted by Crippen LogP contribution is 2.27. The maximum atomic E-state index is 5.10. The maximum Gasteiger partial charge on any atom is 0.153 e. The van der Waals surface area contributed by atoms with E-state index in [1.165, 1.54) is 33.3 Å². The second-order valence-corrected chi connectivity index (χ2v) is 6.08. The van der Waals surface area contributed by atoms with E-state index >= 15 is 0 Å². The molecule has 0 aliphatic carbocycles. The molecule has 0 aliphatic heterocycles. The molecule has 0 saturated heterocycles. The van der Waals surface area contributed by atoms with Gasteiger partial charge in [-0.3, -0.25) is 5.43 Å². The first-order valence-electron chi connectivity index (χ1n) is 6.57. The summed E-state index contributed by atoms with van der Waals surface area (Å²) in [6, 6.07) is 18.9. The molecule has 0 spiro atoms. The quantitative estimate of drug-likeness (QED) is 0.325. The van der Waals surface area contributed by atoms with Crippen LogP contribution in [-0.2, 0) is 0 Å². The summed E-state index contributed by atoms with van der Waals surface area (Å²) in [6.07, 6.45) is 3.78. The number of hydrazone groups is 1. The molecule has 0 aliphatic rings. The third kappa shape index (κ3) is 2.91. The monoisotopic (exact) mass is 310 g/mol. The van der Waals surface area contributed by atoms with E-state index in [0.29, 0.717) is 4.32 Å². The summed E-state index contributed by atoms with van der Waals surface area (Å²) in [4.78, 5) is 0. The minimum Gasteiger partial charge on any atom is -0.262 e.